The number of phenols is 1. The van der Waals surface area contributed by atoms with Crippen LogP contribution in [0, 0.1) is 0 Å². The minimum Gasteiger partial charge on any atom is -0.505 e. The number of nitrogens with one attached hydrogen (secondary N) is 2. The van der Waals surface area contributed by atoms with E-state index in [2.05, 4.69) is 10.6 Å². The zero-order valence-electron chi connectivity index (χ0n) is 14.2. The fourth-order valence-corrected chi connectivity index (χ4v) is 2.67. The minimum atomic E-state index is -0.367. The number of hydrogen-bond donors (Lipinski definition) is 3. The third-order valence-corrected chi connectivity index (χ3v) is 4.31. The molecule has 0 aromatic heterocycles. The Balaban J connectivity index is 1.97. The second kappa shape index (κ2) is 9.07. The molecule has 3 N–H and O–H groups in total. The SMILES string of the molecule is CCC(C)Oc1ccc(C(=O)NC(=S)Nc2cc(Cl)c(O)c(Cl)c2)cc1. The van der Waals surface area contributed by atoms with E-state index in [-0.39, 0.29) is 32.9 Å². The van der Waals surface area contributed by atoms with E-state index in [4.69, 9.17) is 40.2 Å². The highest BCUT2D eigenvalue weighted by Crippen LogP contribution is 2.34. The molecule has 0 spiro atoms. The lowest BCUT2D eigenvalue weighted by Gasteiger charge is -2.13. The van der Waals surface area contributed by atoms with Crippen LogP contribution in [0.5, 0.6) is 11.5 Å². The number of thiocarbonyl (C=S) groups is 1. The van der Waals surface area contributed by atoms with Gasteiger partial charge in [0.05, 0.1) is 16.1 Å². The number of carbonyl (C=O) groups excluding carboxylic acids is 1. The number of carbonyl (C=O) groups is 1. The molecule has 26 heavy (non-hydrogen) atoms. The van der Waals surface area contributed by atoms with Gasteiger partial charge in [-0.1, -0.05) is 30.1 Å². The molecule has 0 aliphatic carbocycles. The number of ether oxygens (including phenoxy) is 1. The maximum atomic E-state index is 12.3. The molecule has 0 radical (unpaired) electrons. The fraction of sp³-hybridized carbons (Fsp3) is 0.222. The van der Waals surface area contributed by atoms with Gasteiger partial charge in [-0.05, 0) is 62.0 Å². The molecule has 0 heterocycles. The van der Waals surface area contributed by atoms with Crippen LogP contribution in [0.15, 0.2) is 36.4 Å². The van der Waals surface area contributed by atoms with Crippen LogP contribution in [0.4, 0.5) is 5.69 Å². The predicted octanol–water partition coefficient (Wildman–Crippen LogP) is 5.00. The summed E-state index contributed by atoms with van der Waals surface area (Å²) in [5.41, 5.74) is 0.882. The lowest BCUT2D eigenvalue weighted by molar-refractivity contribution is 0.0977. The summed E-state index contributed by atoms with van der Waals surface area (Å²) in [7, 11) is 0. The van der Waals surface area contributed by atoms with Gasteiger partial charge in [0.25, 0.3) is 5.91 Å². The second-order valence-corrected chi connectivity index (χ2v) is 6.78. The first kappa shape index (κ1) is 20.3. The van der Waals surface area contributed by atoms with Crippen molar-refractivity contribution in [2.24, 2.45) is 0 Å². The highest BCUT2D eigenvalue weighted by Gasteiger charge is 2.11. The Bertz CT molecular complexity index is 790. The van der Waals surface area contributed by atoms with E-state index in [0.717, 1.165) is 6.42 Å². The number of aromatic hydroxyl groups is 1. The van der Waals surface area contributed by atoms with E-state index < -0.39 is 0 Å². The van der Waals surface area contributed by atoms with E-state index in [1.807, 2.05) is 13.8 Å². The fourth-order valence-electron chi connectivity index (χ4n) is 1.98. The number of rotatable bonds is 5. The molecular weight excluding hydrogens is 395 g/mol. The molecule has 2 rings (SSSR count). The molecule has 1 unspecified atom stereocenters. The van der Waals surface area contributed by atoms with Crippen molar-refractivity contribution in [2.45, 2.75) is 26.4 Å². The van der Waals surface area contributed by atoms with Gasteiger partial charge < -0.3 is 15.2 Å². The van der Waals surface area contributed by atoms with Crippen LogP contribution in [0.1, 0.15) is 30.6 Å². The lowest BCUT2D eigenvalue weighted by atomic mass is 10.2. The van der Waals surface area contributed by atoms with Crippen LogP contribution < -0.4 is 15.4 Å². The van der Waals surface area contributed by atoms with Crippen molar-refractivity contribution in [3.8, 4) is 11.5 Å². The van der Waals surface area contributed by atoms with Gasteiger partial charge in [0, 0.05) is 11.3 Å². The first-order chi connectivity index (χ1) is 12.3. The Morgan fingerprint density at radius 1 is 1.23 bits per heavy atom. The Labute approximate surface area is 167 Å². The van der Waals surface area contributed by atoms with Crippen molar-refractivity contribution < 1.29 is 14.6 Å². The Morgan fingerprint density at radius 2 is 1.81 bits per heavy atom. The summed E-state index contributed by atoms with van der Waals surface area (Å²) in [6, 6.07) is 9.67. The number of halogens is 2. The molecule has 0 aliphatic rings. The maximum Gasteiger partial charge on any atom is 0.257 e. The molecule has 2 aromatic rings. The van der Waals surface area contributed by atoms with Gasteiger partial charge in [0.15, 0.2) is 10.9 Å². The van der Waals surface area contributed by atoms with Crippen molar-refractivity contribution in [1.29, 1.82) is 0 Å². The summed E-state index contributed by atoms with van der Waals surface area (Å²) in [6.07, 6.45) is 1.00. The topological polar surface area (TPSA) is 70.6 Å². The first-order valence-corrected chi connectivity index (χ1v) is 9.03. The summed E-state index contributed by atoms with van der Waals surface area (Å²) in [5, 5.41) is 15.1. The minimum absolute atomic E-state index is 0.0750. The van der Waals surface area contributed by atoms with E-state index >= 15 is 0 Å². The van der Waals surface area contributed by atoms with Crippen molar-refractivity contribution in [3.63, 3.8) is 0 Å². The highest BCUT2D eigenvalue weighted by atomic mass is 35.5. The summed E-state index contributed by atoms with van der Waals surface area (Å²) in [5.74, 6) is 0.118. The molecule has 0 fully saturated rings. The molecule has 0 bridgehead atoms. The number of benzene rings is 2. The first-order valence-electron chi connectivity index (χ1n) is 7.87. The zero-order chi connectivity index (χ0) is 19.3. The van der Waals surface area contributed by atoms with E-state index in [1.165, 1.54) is 12.1 Å². The Hall–Kier alpha value is -2.02. The second-order valence-electron chi connectivity index (χ2n) is 5.56. The van der Waals surface area contributed by atoms with Crippen molar-refractivity contribution in [2.75, 3.05) is 5.32 Å². The number of hydrogen-bond acceptors (Lipinski definition) is 4. The van der Waals surface area contributed by atoms with Crippen LogP contribution >= 0.6 is 35.4 Å². The summed E-state index contributed by atoms with van der Waals surface area (Å²) in [6.45, 7) is 4.02. The van der Waals surface area contributed by atoms with Crippen LogP contribution in [0.2, 0.25) is 10.0 Å². The summed E-state index contributed by atoms with van der Waals surface area (Å²) < 4.78 is 5.68. The van der Waals surface area contributed by atoms with Crippen molar-refractivity contribution in [3.05, 3.63) is 52.0 Å². The van der Waals surface area contributed by atoms with E-state index in [0.29, 0.717) is 17.0 Å². The van der Waals surface area contributed by atoms with Gasteiger partial charge in [0.2, 0.25) is 0 Å². The smallest absolute Gasteiger partial charge is 0.257 e. The molecule has 0 aliphatic heterocycles. The highest BCUT2D eigenvalue weighted by molar-refractivity contribution is 7.80. The van der Waals surface area contributed by atoms with Crippen LogP contribution in [-0.4, -0.2) is 22.2 Å². The maximum absolute atomic E-state index is 12.3. The Morgan fingerprint density at radius 3 is 2.35 bits per heavy atom. The zero-order valence-corrected chi connectivity index (χ0v) is 16.5. The standard InChI is InChI=1S/C18H18Cl2N2O3S/c1-3-10(2)25-13-6-4-11(5-7-13)17(24)22-18(26)21-12-8-14(19)16(23)15(20)9-12/h4-10,23H,3H2,1-2H3,(H2,21,22,24,26). The van der Waals surface area contributed by atoms with Gasteiger partial charge >= 0.3 is 0 Å². The molecular formula is C18H18Cl2N2O3S. The molecule has 8 heteroatoms. The van der Waals surface area contributed by atoms with Crippen molar-refractivity contribution >= 4 is 52.1 Å². The monoisotopic (exact) mass is 412 g/mol. The molecule has 2 aromatic carbocycles. The Kier molecular flexibility index (Phi) is 7.08. The molecule has 0 saturated carbocycles. The molecule has 5 nitrogen and oxygen atoms in total. The van der Waals surface area contributed by atoms with Crippen molar-refractivity contribution in [1.82, 2.24) is 5.32 Å². The van der Waals surface area contributed by atoms with Crippen LogP contribution in [-0.2, 0) is 0 Å². The normalized spacial score (nSPS) is 11.5. The molecule has 1 atom stereocenters. The number of amides is 1. The average Bonchev–Trinajstić information content (AvgIpc) is 2.59. The number of anilines is 1. The predicted molar refractivity (Wildman–Crippen MR) is 109 cm³/mol. The average molecular weight is 413 g/mol. The molecule has 1 amide bonds. The van der Waals surface area contributed by atoms with Gasteiger partial charge in [0.1, 0.15) is 5.75 Å². The molecule has 0 saturated heterocycles. The van der Waals surface area contributed by atoms with Crippen LogP contribution in [0.3, 0.4) is 0 Å². The third kappa shape index (κ3) is 5.49. The third-order valence-electron chi connectivity index (χ3n) is 3.53. The van der Waals surface area contributed by atoms with Crippen LogP contribution in [0.25, 0.3) is 0 Å². The quantitative estimate of drug-likeness (QED) is 0.475. The summed E-state index contributed by atoms with van der Waals surface area (Å²) in [4.78, 5) is 12.3. The molecule has 138 valence electrons. The lowest BCUT2D eigenvalue weighted by Crippen LogP contribution is -2.34. The summed E-state index contributed by atoms with van der Waals surface area (Å²) >= 11 is 16.8. The van der Waals surface area contributed by atoms with E-state index in [1.54, 1.807) is 24.3 Å². The van der Waals surface area contributed by atoms with Gasteiger partial charge in [-0.15, -0.1) is 0 Å². The van der Waals surface area contributed by atoms with Gasteiger partial charge in [-0.3, -0.25) is 10.1 Å². The number of phenolic OH excluding ortho intramolecular Hbond substituents is 1. The van der Waals surface area contributed by atoms with Gasteiger partial charge in [-0.25, -0.2) is 0 Å². The van der Waals surface area contributed by atoms with E-state index in [9.17, 15) is 9.90 Å². The largest absolute Gasteiger partial charge is 0.505 e. The van der Waals surface area contributed by atoms with Gasteiger partial charge in [-0.2, -0.15) is 0 Å².